The van der Waals surface area contributed by atoms with Gasteiger partial charge in [-0.1, -0.05) is 0 Å². The molecule has 0 atom stereocenters. The highest BCUT2D eigenvalue weighted by molar-refractivity contribution is 5.53. The molecule has 0 fully saturated rings. The smallest absolute Gasteiger partial charge is 0.322 e. The lowest BCUT2D eigenvalue weighted by Gasteiger charge is -1.99. The van der Waals surface area contributed by atoms with Gasteiger partial charge in [0, 0.05) is 6.07 Å². The van der Waals surface area contributed by atoms with Gasteiger partial charge in [0.2, 0.25) is 5.69 Å². The highest BCUT2D eigenvalue weighted by Gasteiger charge is 2.24. The summed E-state index contributed by atoms with van der Waals surface area (Å²) in [6.45, 7) is 0. The number of imidazole rings is 1. The van der Waals surface area contributed by atoms with Gasteiger partial charge in [-0.15, -0.1) is 0 Å². The minimum atomic E-state index is -0.678. The molecule has 3 rings (SSSR count). The number of hydrogen-bond donors (Lipinski definition) is 1. The largest absolute Gasteiger partial charge is 0.508 e. The lowest BCUT2D eigenvalue weighted by atomic mass is 10.2. The van der Waals surface area contributed by atoms with Gasteiger partial charge in [-0.25, -0.2) is 4.57 Å². The van der Waals surface area contributed by atoms with Crippen molar-refractivity contribution >= 4 is 11.4 Å². The number of nitro benzene ring substituents is 2. The first-order valence-corrected chi connectivity index (χ1v) is 6.77. The fourth-order valence-electron chi connectivity index (χ4n) is 2.26. The second-order valence-corrected chi connectivity index (χ2v) is 4.93. The molecule has 1 aromatic heterocycles. The minimum absolute atomic E-state index is 0.129. The molecule has 24 heavy (non-hydrogen) atoms. The molecular formula is C15H11N4O5+. The minimum Gasteiger partial charge on any atom is -0.508 e. The third-order valence-corrected chi connectivity index (χ3v) is 3.43. The van der Waals surface area contributed by atoms with E-state index in [1.54, 1.807) is 35.4 Å². The summed E-state index contributed by atoms with van der Waals surface area (Å²) >= 11 is 0. The number of nitrogens with zero attached hydrogens (tertiary/aromatic N) is 4. The van der Waals surface area contributed by atoms with Crippen LogP contribution < -0.4 is 4.57 Å². The predicted octanol–water partition coefficient (Wildman–Crippen LogP) is 2.28. The van der Waals surface area contributed by atoms with Crippen molar-refractivity contribution in [3.05, 3.63) is 81.4 Å². The van der Waals surface area contributed by atoms with Crippen LogP contribution in [0.25, 0.3) is 11.4 Å². The summed E-state index contributed by atoms with van der Waals surface area (Å²) in [6, 6.07) is 9.89. The van der Waals surface area contributed by atoms with Crippen molar-refractivity contribution in [1.29, 1.82) is 0 Å². The summed E-state index contributed by atoms with van der Waals surface area (Å²) in [5.74, 6) is 0.129. The van der Waals surface area contributed by atoms with Crippen molar-refractivity contribution in [3.63, 3.8) is 0 Å². The zero-order valence-electron chi connectivity index (χ0n) is 12.1. The van der Waals surface area contributed by atoms with Crippen LogP contribution in [0.3, 0.4) is 0 Å². The van der Waals surface area contributed by atoms with Crippen molar-refractivity contribution in [1.82, 2.24) is 4.57 Å². The number of aromatic hydroxyl groups is 1. The molecule has 0 unspecified atom stereocenters. The maximum Gasteiger partial charge on any atom is 0.322 e. The Morgan fingerprint density at radius 1 is 1.00 bits per heavy atom. The molecule has 1 heterocycles. The molecule has 120 valence electrons. The Balaban J connectivity index is 2.05. The second kappa shape index (κ2) is 5.80. The van der Waals surface area contributed by atoms with Crippen LogP contribution in [-0.4, -0.2) is 19.5 Å². The Labute approximate surface area is 134 Å². The molecule has 2 aromatic carbocycles. The molecule has 0 bridgehead atoms. The molecule has 0 aliphatic rings. The van der Waals surface area contributed by atoms with E-state index < -0.39 is 9.85 Å². The molecular weight excluding hydrogens is 316 g/mol. The van der Waals surface area contributed by atoms with Crippen molar-refractivity contribution in [3.8, 4) is 17.1 Å². The van der Waals surface area contributed by atoms with Gasteiger partial charge in [-0.2, -0.15) is 4.57 Å². The van der Waals surface area contributed by atoms with Crippen LogP contribution in [0.2, 0.25) is 0 Å². The van der Waals surface area contributed by atoms with E-state index in [1.165, 1.54) is 28.8 Å². The standard InChI is InChI=1S/C15H10N4O5/c20-13-4-1-11(2-5-13)16-7-8-17(10-16)14-6-3-12(18(21)22)9-15(14)19(23)24/h1-10H/p+1. The van der Waals surface area contributed by atoms with E-state index in [0.717, 1.165) is 11.8 Å². The fraction of sp³-hybridized carbons (Fsp3) is 0. The third kappa shape index (κ3) is 2.77. The number of rotatable bonds is 4. The van der Waals surface area contributed by atoms with Gasteiger partial charge in [-0.3, -0.25) is 20.2 Å². The van der Waals surface area contributed by atoms with Crippen LogP contribution in [-0.2, 0) is 0 Å². The Hall–Kier alpha value is -3.75. The number of nitro groups is 2. The van der Waals surface area contributed by atoms with Gasteiger partial charge in [0.15, 0.2) is 0 Å². The summed E-state index contributed by atoms with van der Waals surface area (Å²) in [5.41, 5.74) is 0.251. The van der Waals surface area contributed by atoms with E-state index in [-0.39, 0.29) is 22.8 Å². The number of phenols is 1. The average Bonchev–Trinajstić information content (AvgIpc) is 3.04. The van der Waals surface area contributed by atoms with Crippen LogP contribution in [0.1, 0.15) is 0 Å². The van der Waals surface area contributed by atoms with Crippen molar-refractivity contribution < 1.29 is 19.5 Å². The van der Waals surface area contributed by atoms with Gasteiger partial charge < -0.3 is 5.11 Å². The molecule has 0 amide bonds. The van der Waals surface area contributed by atoms with E-state index in [4.69, 9.17) is 0 Å². The second-order valence-electron chi connectivity index (χ2n) is 4.93. The molecule has 9 heteroatoms. The summed E-state index contributed by atoms with van der Waals surface area (Å²) in [7, 11) is 0. The SMILES string of the molecule is O=[N+]([O-])c1ccc(-[n+]2ccn(-c3ccc(O)cc3)c2)c([N+](=O)[O-])c1. The molecule has 0 radical (unpaired) electrons. The molecule has 3 aromatic rings. The van der Waals surface area contributed by atoms with Gasteiger partial charge in [-0.05, 0) is 30.3 Å². The maximum absolute atomic E-state index is 11.2. The highest BCUT2D eigenvalue weighted by atomic mass is 16.6. The summed E-state index contributed by atoms with van der Waals surface area (Å²) in [5, 5.41) is 31.3. The Morgan fingerprint density at radius 3 is 2.33 bits per heavy atom. The maximum atomic E-state index is 11.2. The monoisotopic (exact) mass is 327 g/mol. The summed E-state index contributed by atoms with van der Waals surface area (Å²) in [4.78, 5) is 20.7. The van der Waals surface area contributed by atoms with E-state index in [1.807, 2.05) is 0 Å². The normalized spacial score (nSPS) is 10.5. The summed E-state index contributed by atoms with van der Waals surface area (Å²) in [6.07, 6.45) is 4.87. The van der Waals surface area contributed by atoms with Crippen LogP contribution >= 0.6 is 0 Å². The van der Waals surface area contributed by atoms with Crippen LogP contribution in [0.5, 0.6) is 5.75 Å². The first kappa shape index (κ1) is 15.2. The zero-order chi connectivity index (χ0) is 17.3. The van der Waals surface area contributed by atoms with E-state index in [0.29, 0.717) is 0 Å². The quantitative estimate of drug-likeness (QED) is 0.448. The number of phenolic OH excluding ortho intramolecular Hbond substituents is 1. The number of non-ortho nitro benzene ring substituents is 1. The molecule has 9 nitrogen and oxygen atoms in total. The molecule has 0 saturated heterocycles. The lowest BCUT2D eigenvalue weighted by molar-refractivity contribution is -0.600. The first-order valence-electron chi connectivity index (χ1n) is 6.77. The molecule has 0 spiro atoms. The average molecular weight is 327 g/mol. The van der Waals surface area contributed by atoms with Crippen LogP contribution in [0.15, 0.2) is 61.2 Å². The van der Waals surface area contributed by atoms with Gasteiger partial charge >= 0.3 is 5.69 Å². The lowest BCUT2D eigenvalue weighted by Crippen LogP contribution is -2.28. The van der Waals surface area contributed by atoms with E-state index >= 15 is 0 Å². The molecule has 1 N–H and O–H groups in total. The topological polar surface area (TPSA) is 115 Å². The Bertz CT molecular complexity index is 933. The number of aromatic nitrogens is 2. The van der Waals surface area contributed by atoms with E-state index in [9.17, 15) is 25.3 Å². The van der Waals surface area contributed by atoms with Crippen LogP contribution in [0.4, 0.5) is 11.4 Å². The highest BCUT2D eigenvalue weighted by Crippen LogP contribution is 2.24. The van der Waals surface area contributed by atoms with Gasteiger partial charge in [0.05, 0.1) is 15.9 Å². The zero-order valence-corrected chi connectivity index (χ0v) is 12.1. The first-order chi connectivity index (χ1) is 11.5. The molecule has 0 aliphatic heterocycles. The van der Waals surface area contributed by atoms with Crippen LogP contribution in [0, 0.1) is 20.2 Å². The Morgan fingerprint density at radius 2 is 1.71 bits per heavy atom. The van der Waals surface area contributed by atoms with E-state index in [2.05, 4.69) is 0 Å². The van der Waals surface area contributed by atoms with Gasteiger partial charge in [0.1, 0.15) is 23.8 Å². The fourth-order valence-corrected chi connectivity index (χ4v) is 2.26. The summed E-state index contributed by atoms with van der Waals surface area (Å²) < 4.78 is 3.19. The molecule has 0 saturated carbocycles. The molecule has 0 aliphatic carbocycles. The predicted molar refractivity (Wildman–Crippen MR) is 82.3 cm³/mol. The third-order valence-electron chi connectivity index (χ3n) is 3.43. The Kier molecular flexibility index (Phi) is 3.66. The number of hydrogen-bond acceptors (Lipinski definition) is 5. The number of benzene rings is 2. The van der Waals surface area contributed by atoms with Gasteiger partial charge in [0.25, 0.3) is 12.0 Å². The van der Waals surface area contributed by atoms with Crippen molar-refractivity contribution in [2.75, 3.05) is 0 Å². The van der Waals surface area contributed by atoms with Crippen molar-refractivity contribution in [2.24, 2.45) is 0 Å². The van der Waals surface area contributed by atoms with Crippen molar-refractivity contribution in [2.45, 2.75) is 0 Å².